The molecule has 19 heavy (non-hydrogen) atoms. The molecule has 4 nitrogen and oxygen atoms in total. The SMILES string of the molecule is CNc1nc(NC)c(C=Cc2ccccn2)cc1Br. The van der Waals surface area contributed by atoms with Crippen LogP contribution in [-0.2, 0) is 0 Å². The van der Waals surface area contributed by atoms with Crippen LogP contribution < -0.4 is 10.6 Å². The largest absolute Gasteiger partial charge is 0.373 e. The van der Waals surface area contributed by atoms with Crippen molar-refractivity contribution < 1.29 is 0 Å². The number of hydrogen-bond donors (Lipinski definition) is 2. The Hall–Kier alpha value is -1.88. The van der Waals surface area contributed by atoms with Gasteiger partial charge in [0.15, 0.2) is 0 Å². The Balaban J connectivity index is 2.34. The van der Waals surface area contributed by atoms with Crippen LogP contribution in [0.2, 0.25) is 0 Å². The zero-order chi connectivity index (χ0) is 13.7. The molecule has 2 aromatic heterocycles. The maximum absolute atomic E-state index is 4.48. The van der Waals surface area contributed by atoms with Crippen LogP contribution in [0.5, 0.6) is 0 Å². The lowest BCUT2D eigenvalue weighted by Crippen LogP contribution is -2.00. The van der Waals surface area contributed by atoms with Crippen molar-refractivity contribution in [3.05, 3.63) is 46.2 Å². The highest BCUT2D eigenvalue weighted by Crippen LogP contribution is 2.26. The van der Waals surface area contributed by atoms with Gasteiger partial charge in [0.05, 0.1) is 10.2 Å². The number of nitrogens with one attached hydrogen (secondary N) is 2. The highest BCUT2D eigenvalue weighted by atomic mass is 79.9. The van der Waals surface area contributed by atoms with Gasteiger partial charge in [0.1, 0.15) is 11.6 Å². The maximum Gasteiger partial charge on any atom is 0.142 e. The second-order valence-electron chi connectivity index (χ2n) is 3.84. The highest BCUT2D eigenvalue weighted by Gasteiger charge is 2.06. The third-order valence-corrected chi connectivity index (χ3v) is 3.21. The Bertz CT molecular complexity index is 581. The van der Waals surface area contributed by atoms with Crippen molar-refractivity contribution in [3.63, 3.8) is 0 Å². The van der Waals surface area contributed by atoms with Crippen molar-refractivity contribution in [2.45, 2.75) is 0 Å². The Labute approximate surface area is 121 Å². The number of hydrogen-bond acceptors (Lipinski definition) is 4. The lowest BCUT2D eigenvalue weighted by atomic mass is 10.2. The molecule has 2 N–H and O–H groups in total. The quantitative estimate of drug-likeness (QED) is 0.906. The van der Waals surface area contributed by atoms with Crippen molar-refractivity contribution in [1.82, 2.24) is 9.97 Å². The van der Waals surface area contributed by atoms with Gasteiger partial charge >= 0.3 is 0 Å². The normalized spacial score (nSPS) is 10.7. The molecule has 0 saturated heterocycles. The van der Waals surface area contributed by atoms with Gasteiger partial charge in [-0.1, -0.05) is 6.07 Å². The van der Waals surface area contributed by atoms with Gasteiger partial charge in [0.2, 0.25) is 0 Å². The smallest absolute Gasteiger partial charge is 0.142 e. The van der Waals surface area contributed by atoms with Crippen LogP contribution in [-0.4, -0.2) is 24.1 Å². The number of halogens is 1. The van der Waals surface area contributed by atoms with Gasteiger partial charge in [-0.15, -0.1) is 0 Å². The van der Waals surface area contributed by atoms with E-state index >= 15 is 0 Å². The van der Waals surface area contributed by atoms with Crippen molar-refractivity contribution in [2.24, 2.45) is 0 Å². The first-order valence-electron chi connectivity index (χ1n) is 5.89. The molecule has 0 aliphatic heterocycles. The molecule has 0 unspecified atom stereocenters. The first-order valence-corrected chi connectivity index (χ1v) is 6.69. The average Bonchev–Trinajstić information content (AvgIpc) is 2.46. The molecule has 0 aliphatic carbocycles. The standard InChI is InChI=1S/C14H15BrN4/c1-16-13-10(9-12(15)14(17-2)19-13)6-7-11-5-3-4-8-18-11/h3-9H,1-2H3,(H2,16,17,19). The van der Waals surface area contributed by atoms with Gasteiger partial charge in [-0.3, -0.25) is 4.98 Å². The number of rotatable bonds is 4. The summed E-state index contributed by atoms with van der Waals surface area (Å²) < 4.78 is 0.926. The third-order valence-electron chi connectivity index (χ3n) is 2.60. The Morgan fingerprint density at radius 3 is 2.53 bits per heavy atom. The molecule has 0 amide bonds. The van der Waals surface area contributed by atoms with Crippen molar-refractivity contribution in [2.75, 3.05) is 24.7 Å². The van der Waals surface area contributed by atoms with Gasteiger partial charge < -0.3 is 10.6 Å². The predicted molar refractivity (Wildman–Crippen MR) is 84.2 cm³/mol. The van der Waals surface area contributed by atoms with Gasteiger partial charge in [-0.05, 0) is 46.3 Å². The average molecular weight is 319 g/mol. The summed E-state index contributed by atoms with van der Waals surface area (Å²) in [5.74, 6) is 1.62. The van der Waals surface area contributed by atoms with Crippen LogP contribution in [0.4, 0.5) is 11.6 Å². The molecule has 0 spiro atoms. The molecular formula is C14H15BrN4. The van der Waals surface area contributed by atoms with Gasteiger partial charge in [0.25, 0.3) is 0 Å². The molecular weight excluding hydrogens is 304 g/mol. The van der Waals surface area contributed by atoms with Crippen LogP contribution in [0.25, 0.3) is 12.2 Å². The monoisotopic (exact) mass is 318 g/mol. The van der Waals surface area contributed by atoms with E-state index in [9.17, 15) is 0 Å². The molecule has 98 valence electrons. The topological polar surface area (TPSA) is 49.8 Å². The molecule has 0 saturated carbocycles. The number of pyridine rings is 2. The van der Waals surface area contributed by atoms with E-state index in [2.05, 4.69) is 36.5 Å². The Morgan fingerprint density at radius 1 is 1.11 bits per heavy atom. The van der Waals surface area contributed by atoms with Crippen molar-refractivity contribution >= 4 is 39.7 Å². The van der Waals surface area contributed by atoms with E-state index in [0.717, 1.165) is 27.4 Å². The second-order valence-corrected chi connectivity index (χ2v) is 4.70. The van der Waals surface area contributed by atoms with E-state index < -0.39 is 0 Å². The molecule has 0 radical (unpaired) electrons. The van der Waals surface area contributed by atoms with Crippen molar-refractivity contribution in [1.29, 1.82) is 0 Å². The van der Waals surface area contributed by atoms with Crippen LogP contribution in [0.15, 0.2) is 34.9 Å². The lowest BCUT2D eigenvalue weighted by Gasteiger charge is -2.09. The van der Waals surface area contributed by atoms with Gasteiger partial charge in [0, 0.05) is 25.9 Å². The van der Waals surface area contributed by atoms with Crippen LogP contribution in [0.3, 0.4) is 0 Å². The Kier molecular flexibility index (Phi) is 4.52. The second kappa shape index (κ2) is 6.33. The molecule has 5 heteroatoms. The summed E-state index contributed by atoms with van der Waals surface area (Å²) in [4.78, 5) is 8.73. The highest BCUT2D eigenvalue weighted by molar-refractivity contribution is 9.10. The molecule has 0 aromatic carbocycles. The molecule has 0 atom stereocenters. The number of nitrogens with zero attached hydrogens (tertiary/aromatic N) is 2. The van der Waals surface area contributed by atoms with E-state index in [1.165, 1.54) is 0 Å². The fraction of sp³-hybridized carbons (Fsp3) is 0.143. The zero-order valence-corrected chi connectivity index (χ0v) is 12.4. The van der Waals surface area contributed by atoms with Gasteiger partial charge in [-0.25, -0.2) is 4.98 Å². The molecule has 0 bridgehead atoms. The predicted octanol–water partition coefficient (Wildman–Crippen LogP) is 3.49. The summed E-state index contributed by atoms with van der Waals surface area (Å²) in [7, 11) is 3.70. The van der Waals surface area contributed by atoms with E-state index in [0.29, 0.717) is 0 Å². The summed E-state index contributed by atoms with van der Waals surface area (Å²) in [5.41, 5.74) is 1.91. The number of aromatic nitrogens is 2. The minimum Gasteiger partial charge on any atom is -0.373 e. The molecule has 2 heterocycles. The summed E-state index contributed by atoms with van der Waals surface area (Å²) in [6.07, 6.45) is 5.73. The minimum atomic E-state index is 0.805. The molecule has 2 rings (SSSR count). The Morgan fingerprint density at radius 2 is 1.89 bits per heavy atom. The van der Waals surface area contributed by atoms with Gasteiger partial charge in [-0.2, -0.15) is 0 Å². The molecule has 0 aliphatic rings. The minimum absolute atomic E-state index is 0.805. The molecule has 0 fully saturated rings. The van der Waals surface area contributed by atoms with E-state index in [1.54, 1.807) is 6.20 Å². The first-order chi connectivity index (χ1) is 9.24. The van der Waals surface area contributed by atoms with Crippen LogP contribution in [0.1, 0.15) is 11.3 Å². The molecule has 2 aromatic rings. The van der Waals surface area contributed by atoms with Crippen LogP contribution in [0, 0.1) is 0 Å². The third kappa shape index (κ3) is 3.32. The van der Waals surface area contributed by atoms with E-state index in [4.69, 9.17) is 0 Å². The van der Waals surface area contributed by atoms with E-state index in [1.807, 2.05) is 50.5 Å². The first kappa shape index (κ1) is 13.5. The lowest BCUT2D eigenvalue weighted by molar-refractivity contribution is 1.24. The summed E-state index contributed by atoms with van der Waals surface area (Å²) in [5, 5.41) is 6.13. The fourth-order valence-electron chi connectivity index (χ4n) is 1.66. The van der Waals surface area contributed by atoms with Crippen molar-refractivity contribution in [3.8, 4) is 0 Å². The summed E-state index contributed by atoms with van der Waals surface area (Å²) in [6, 6.07) is 7.84. The maximum atomic E-state index is 4.48. The van der Waals surface area contributed by atoms with Crippen LogP contribution >= 0.6 is 15.9 Å². The zero-order valence-electron chi connectivity index (χ0n) is 10.8. The number of anilines is 2. The summed E-state index contributed by atoms with van der Waals surface area (Å²) >= 11 is 3.49. The van der Waals surface area contributed by atoms with E-state index in [-0.39, 0.29) is 0 Å². The summed E-state index contributed by atoms with van der Waals surface area (Å²) in [6.45, 7) is 0. The fourth-order valence-corrected chi connectivity index (χ4v) is 2.19.